The number of sulfone groups is 1. The summed E-state index contributed by atoms with van der Waals surface area (Å²) >= 11 is 0. The van der Waals surface area contributed by atoms with E-state index in [1.165, 1.54) is 10.9 Å². The minimum absolute atomic E-state index is 0.000676. The van der Waals surface area contributed by atoms with E-state index >= 15 is 0 Å². The standard InChI is InChI=1S/C10H18N4O3S/c1-10(2,18(4,16)17)6-12-9(15)8-7(11)5-14(3)13-8/h5H,6,11H2,1-4H3,(H,12,15). The molecule has 1 heterocycles. The van der Waals surface area contributed by atoms with E-state index in [-0.39, 0.29) is 17.9 Å². The zero-order chi connectivity index (χ0) is 14.1. The maximum absolute atomic E-state index is 11.8. The van der Waals surface area contributed by atoms with Crippen molar-refractivity contribution in [3.63, 3.8) is 0 Å². The highest BCUT2D eigenvalue weighted by molar-refractivity contribution is 7.92. The average molecular weight is 274 g/mol. The summed E-state index contributed by atoms with van der Waals surface area (Å²) in [6.45, 7) is 3.09. The second-order valence-electron chi connectivity index (χ2n) is 4.82. The largest absolute Gasteiger partial charge is 0.396 e. The first-order chi connectivity index (χ1) is 8.04. The molecule has 0 aromatic carbocycles. The number of nitrogen functional groups attached to an aromatic ring is 1. The van der Waals surface area contributed by atoms with Crippen LogP contribution in [0.15, 0.2) is 6.20 Å². The lowest BCUT2D eigenvalue weighted by atomic mass is 10.2. The molecule has 0 aliphatic carbocycles. The lowest BCUT2D eigenvalue weighted by Gasteiger charge is -2.22. The summed E-state index contributed by atoms with van der Waals surface area (Å²) in [7, 11) is -1.61. The monoisotopic (exact) mass is 274 g/mol. The number of nitrogens with two attached hydrogens (primary N) is 1. The molecule has 102 valence electrons. The van der Waals surface area contributed by atoms with Gasteiger partial charge in [-0.3, -0.25) is 9.48 Å². The molecule has 0 radical (unpaired) electrons. The summed E-state index contributed by atoms with van der Waals surface area (Å²) in [5, 5.41) is 6.43. The van der Waals surface area contributed by atoms with Gasteiger partial charge in [-0.15, -0.1) is 0 Å². The van der Waals surface area contributed by atoms with Gasteiger partial charge in [0.25, 0.3) is 5.91 Å². The fraction of sp³-hybridized carbons (Fsp3) is 0.600. The molecule has 0 atom stereocenters. The first-order valence-electron chi connectivity index (χ1n) is 5.31. The molecule has 0 aliphatic rings. The Morgan fingerprint density at radius 1 is 1.56 bits per heavy atom. The van der Waals surface area contributed by atoms with Crippen LogP contribution in [0.25, 0.3) is 0 Å². The third kappa shape index (κ3) is 3.00. The smallest absolute Gasteiger partial charge is 0.273 e. The summed E-state index contributed by atoms with van der Waals surface area (Å²) in [5.74, 6) is -0.482. The van der Waals surface area contributed by atoms with Crippen LogP contribution < -0.4 is 11.1 Å². The van der Waals surface area contributed by atoms with Crippen LogP contribution in [0, 0.1) is 0 Å². The van der Waals surface area contributed by atoms with Crippen molar-refractivity contribution < 1.29 is 13.2 Å². The molecular formula is C10H18N4O3S. The minimum Gasteiger partial charge on any atom is -0.396 e. The van der Waals surface area contributed by atoms with Gasteiger partial charge in [0.2, 0.25) is 0 Å². The van der Waals surface area contributed by atoms with Gasteiger partial charge in [-0.2, -0.15) is 5.10 Å². The lowest BCUT2D eigenvalue weighted by molar-refractivity contribution is 0.0945. The fourth-order valence-electron chi connectivity index (χ4n) is 1.19. The molecule has 1 aromatic heterocycles. The van der Waals surface area contributed by atoms with Gasteiger partial charge in [-0.05, 0) is 13.8 Å². The predicted molar refractivity (Wildman–Crippen MR) is 68.9 cm³/mol. The van der Waals surface area contributed by atoms with Gasteiger partial charge in [0.15, 0.2) is 15.5 Å². The van der Waals surface area contributed by atoms with Crippen molar-refractivity contribution in [1.82, 2.24) is 15.1 Å². The number of aromatic nitrogens is 2. The van der Waals surface area contributed by atoms with Crippen molar-refractivity contribution in [3.05, 3.63) is 11.9 Å². The summed E-state index contributed by atoms with van der Waals surface area (Å²) < 4.78 is 23.3. The van der Waals surface area contributed by atoms with Crippen LogP contribution in [0.5, 0.6) is 0 Å². The molecular weight excluding hydrogens is 256 g/mol. The molecule has 7 nitrogen and oxygen atoms in total. The Hall–Kier alpha value is -1.57. The van der Waals surface area contributed by atoms with Crippen LogP contribution in [0.4, 0.5) is 5.69 Å². The van der Waals surface area contributed by atoms with Crippen molar-refractivity contribution in [2.45, 2.75) is 18.6 Å². The van der Waals surface area contributed by atoms with Crippen molar-refractivity contribution in [1.29, 1.82) is 0 Å². The van der Waals surface area contributed by atoms with Gasteiger partial charge in [0, 0.05) is 26.0 Å². The van der Waals surface area contributed by atoms with E-state index in [9.17, 15) is 13.2 Å². The maximum Gasteiger partial charge on any atom is 0.273 e. The van der Waals surface area contributed by atoms with Crippen LogP contribution in [0.3, 0.4) is 0 Å². The number of rotatable bonds is 4. The Morgan fingerprint density at radius 3 is 2.50 bits per heavy atom. The summed E-state index contributed by atoms with van der Waals surface area (Å²) in [6.07, 6.45) is 2.64. The molecule has 0 unspecified atom stereocenters. The van der Waals surface area contributed by atoms with Gasteiger partial charge < -0.3 is 11.1 Å². The molecule has 8 heteroatoms. The molecule has 0 saturated heterocycles. The molecule has 3 N–H and O–H groups in total. The third-order valence-corrected chi connectivity index (χ3v) is 4.90. The molecule has 1 rings (SSSR count). The van der Waals surface area contributed by atoms with Crippen LogP contribution in [-0.2, 0) is 16.9 Å². The lowest BCUT2D eigenvalue weighted by Crippen LogP contribution is -2.44. The number of anilines is 1. The molecule has 0 spiro atoms. The number of carbonyl (C=O) groups is 1. The molecule has 1 aromatic rings. The molecule has 18 heavy (non-hydrogen) atoms. The Labute approximate surface area is 106 Å². The predicted octanol–water partition coefficient (Wildman–Crippen LogP) is -0.445. The highest BCUT2D eigenvalue weighted by atomic mass is 32.2. The van der Waals surface area contributed by atoms with Crippen molar-refractivity contribution in [3.8, 4) is 0 Å². The van der Waals surface area contributed by atoms with E-state index in [0.29, 0.717) is 0 Å². The van der Waals surface area contributed by atoms with Crippen LogP contribution in [0.2, 0.25) is 0 Å². The molecule has 0 saturated carbocycles. The minimum atomic E-state index is -3.26. The molecule has 0 fully saturated rings. The van der Waals surface area contributed by atoms with Gasteiger partial charge in [0.1, 0.15) is 0 Å². The van der Waals surface area contributed by atoms with Crippen molar-refractivity contribution in [2.24, 2.45) is 7.05 Å². The Morgan fingerprint density at radius 2 is 2.11 bits per heavy atom. The fourth-order valence-corrected chi connectivity index (χ4v) is 1.53. The van der Waals surface area contributed by atoms with E-state index in [0.717, 1.165) is 6.26 Å². The molecule has 0 bridgehead atoms. The summed E-state index contributed by atoms with van der Waals surface area (Å²) in [5.41, 5.74) is 5.96. The maximum atomic E-state index is 11.8. The number of aryl methyl sites for hydroxylation is 1. The number of amides is 1. The van der Waals surface area contributed by atoms with E-state index in [2.05, 4.69) is 10.4 Å². The van der Waals surface area contributed by atoms with Gasteiger partial charge in [-0.1, -0.05) is 0 Å². The van der Waals surface area contributed by atoms with E-state index in [1.807, 2.05) is 0 Å². The zero-order valence-corrected chi connectivity index (χ0v) is 11.7. The zero-order valence-electron chi connectivity index (χ0n) is 10.9. The quantitative estimate of drug-likeness (QED) is 0.773. The summed E-state index contributed by atoms with van der Waals surface area (Å²) in [4.78, 5) is 11.8. The average Bonchev–Trinajstić information content (AvgIpc) is 2.53. The highest BCUT2D eigenvalue weighted by Crippen LogP contribution is 2.14. The number of hydrogen-bond donors (Lipinski definition) is 2. The first-order valence-corrected chi connectivity index (χ1v) is 7.20. The molecule has 1 amide bonds. The second-order valence-corrected chi connectivity index (χ2v) is 7.47. The normalized spacial score (nSPS) is 12.4. The van der Waals surface area contributed by atoms with Crippen LogP contribution >= 0.6 is 0 Å². The second kappa shape index (κ2) is 4.60. The van der Waals surface area contributed by atoms with Crippen molar-refractivity contribution >= 4 is 21.4 Å². The van der Waals surface area contributed by atoms with Crippen molar-refractivity contribution in [2.75, 3.05) is 18.5 Å². The first kappa shape index (κ1) is 14.5. The van der Waals surface area contributed by atoms with E-state index < -0.39 is 20.5 Å². The number of hydrogen-bond acceptors (Lipinski definition) is 5. The Bertz CT molecular complexity index is 560. The van der Waals surface area contributed by atoms with E-state index in [1.54, 1.807) is 20.9 Å². The highest BCUT2D eigenvalue weighted by Gasteiger charge is 2.31. The van der Waals surface area contributed by atoms with Crippen LogP contribution in [0.1, 0.15) is 24.3 Å². The number of carbonyl (C=O) groups excluding carboxylic acids is 1. The van der Waals surface area contributed by atoms with E-state index in [4.69, 9.17) is 5.73 Å². The Kier molecular flexibility index (Phi) is 3.70. The topological polar surface area (TPSA) is 107 Å². The third-order valence-electron chi connectivity index (χ3n) is 2.75. The SMILES string of the molecule is Cn1cc(N)c(C(=O)NCC(C)(C)S(C)(=O)=O)n1. The van der Waals surface area contributed by atoms with Gasteiger partial charge in [0.05, 0.1) is 10.4 Å². The van der Waals surface area contributed by atoms with Gasteiger partial charge >= 0.3 is 0 Å². The molecule has 0 aliphatic heterocycles. The summed E-state index contributed by atoms with van der Waals surface area (Å²) in [6, 6.07) is 0. The van der Waals surface area contributed by atoms with Gasteiger partial charge in [-0.25, -0.2) is 8.42 Å². The van der Waals surface area contributed by atoms with Crippen LogP contribution in [-0.4, -0.2) is 41.7 Å². The number of nitrogens with zero attached hydrogens (tertiary/aromatic N) is 2. The number of nitrogens with one attached hydrogen (secondary N) is 1. The Balaban J connectivity index is 2.77.